The van der Waals surface area contributed by atoms with E-state index in [1.807, 2.05) is 30.3 Å². The molecule has 4 nitrogen and oxygen atoms in total. The van der Waals surface area contributed by atoms with E-state index in [9.17, 15) is 4.79 Å². The Morgan fingerprint density at radius 2 is 2.06 bits per heavy atom. The van der Waals surface area contributed by atoms with Crippen molar-refractivity contribution >= 4 is 22.4 Å². The van der Waals surface area contributed by atoms with Crippen molar-refractivity contribution in [1.82, 2.24) is 4.98 Å². The number of esters is 1. The first-order valence-electron chi connectivity index (χ1n) is 5.08. The van der Waals surface area contributed by atoms with Crippen LogP contribution in [0, 0.1) is 0 Å². The molecule has 1 aromatic heterocycles. The topological polar surface area (TPSA) is 51.2 Å². The van der Waals surface area contributed by atoms with Crippen LogP contribution in [0.4, 0.5) is 5.13 Å². The van der Waals surface area contributed by atoms with E-state index in [1.54, 1.807) is 7.05 Å². The highest BCUT2D eigenvalue weighted by Crippen LogP contribution is 2.33. The molecule has 0 aliphatic heterocycles. The summed E-state index contributed by atoms with van der Waals surface area (Å²) in [6.07, 6.45) is 0. The summed E-state index contributed by atoms with van der Waals surface area (Å²) in [5.41, 5.74) is 1.32. The molecule has 0 atom stereocenters. The van der Waals surface area contributed by atoms with E-state index in [0.717, 1.165) is 10.4 Å². The van der Waals surface area contributed by atoms with Crippen LogP contribution in [-0.2, 0) is 4.74 Å². The number of carbonyl (C=O) groups excluding carboxylic acids is 1. The van der Waals surface area contributed by atoms with E-state index < -0.39 is 5.97 Å². The summed E-state index contributed by atoms with van der Waals surface area (Å²) < 4.78 is 4.73. The minimum Gasteiger partial charge on any atom is -0.464 e. The molecule has 2 rings (SSSR count). The first-order chi connectivity index (χ1) is 8.26. The fraction of sp³-hybridized carbons (Fsp3) is 0.167. The highest BCUT2D eigenvalue weighted by molar-refractivity contribution is 7.19. The van der Waals surface area contributed by atoms with Crippen molar-refractivity contribution in [3.8, 4) is 10.4 Å². The Labute approximate surface area is 103 Å². The van der Waals surface area contributed by atoms with Crippen LogP contribution in [0.25, 0.3) is 10.4 Å². The summed E-state index contributed by atoms with van der Waals surface area (Å²) in [5, 5.41) is 3.63. The first-order valence-corrected chi connectivity index (χ1v) is 5.90. The Morgan fingerprint density at radius 1 is 1.35 bits per heavy atom. The number of hydrogen-bond donors (Lipinski definition) is 1. The maximum Gasteiger partial charge on any atom is 0.358 e. The van der Waals surface area contributed by atoms with E-state index in [4.69, 9.17) is 4.74 Å². The molecule has 0 fully saturated rings. The third kappa shape index (κ3) is 2.29. The zero-order chi connectivity index (χ0) is 12.3. The Hall–Kier alpha value is -1.88. The van der Waals surface area contributed by atoms with Crippen LogP contribution < -0.4 is 5.32 Å². The fourth-order valence-corrected chi connectivity index (χ4v) is 2.36. The van der Waals surface area contributed by atoms with Crippen LogP contribution in [0.5, 0.6) is 0 Å². The van der Waals surface area contributed by atoms with Crippen molar-refractivity contribution < 1.29 is 9.53 Å². The molecule has 0 saturated carbocycles. The second-order valence-corrected chi connectivity index (χ2v) is 4.30. The van der Waals surface area contributed by atoms with Crippen LogP contribution in [-0.4, -0.2) is 25.1 Å². The lowest BCUT2D eigenvalue weighted by Crippen LogP contribution is -2.03. The SMILES string of the molecule is CNc1nc(C(=O)OC)c(-c2ccccc2)s1. The molecule has 1 heterocycles. The van der Waals surface area contributed by atoms with Crippen LogP contribution >= 0.6 is 11.3 Å². The van der Waals surface area contributed by atoms with Crippen molar-refractivity contribution in [3.05, 3.63) is 36.0 Å². The Bertz CT molecular complexity index is 523. The number of ether oxygens (including phenoxy) is 1. The van der Waals surface area contributed by atoms with Gasteiger partial charge in [-0.1, -0.05) is 41.7 Å². The molecule has 1 aromatic carbocycles. The number of aromatic nitrogens is 1. The molecular formula is C12H12N2O2S. The van der Waals surface area contributed by atoms with Gasteiger partial charge < -0.3 is 10.1 Å². The average molecular weight is 248 g/mol. The molecule has 0 aliphatic carbocycles. The molecule has 0 bridgehead atoms. The second kappa shape index (κ2) is 4.97. The van der Waals surface area contributed by atoms with E-state index in [-0.39, 0.29) is 0 Å². The average Bonchev–Trinajstić information content (AvgIpc) is 2.83. The number of nitrogens with one attached hydrogen (secondary N) is 1. The van der Waals surface area contributed by atoms with Crippen molar-refractivity contribution in [3.63, 3.8) is 0 Å². The zero-order valence-electron chi connectivity index (χ0n) is 9.56. The summed E-state index contributed by atoms with van der Waals surface area (Å²) in [7, 11) is 3.13. The first kappa shape index (κ1) is 11.6. The number of anilines is 1. The minimum atomic E-state index is -0.415. The number of benzene rings is 1. The van der Waals surface area contributed by atoms with Gasteiger partial charge in [0.25, 0.3) is 0 Å². The molecule has 17 heavy (non-hydrogen) atoms. The molecule has 2 aromatic rings. The Morgan fingerprint density at radius 3 is 2.65 bits per heavy atom. The molecule has 0 aliphatic rings. The number of rotatable bonds is 3. The van der Waals surface area contributed by atoms with Crippen molar-refractivity contribution in [2.75, 3.05) is 19.5 Å². The van der Waals surface area contributed by atoms with E-state index in [1.165, 1.54) is 18.4 Å². The van der Waals surface area contributed by atoms with Gasteiger partial charge in [0.2, 0.25) is 0 Å². The molecule has 5 heteroatoms. The lowest BCUT2D eigenvalue weighted by molar-refractivity contribution is 0.0596. The number of nitrogens with zero attached hydrogens (tertiary/aromatic N) is 1. The third-order valence-corrected chi connectivity index (χ3v) is 3.38. The summed E-state index contributed by atoms with van der Waals surface area (Å²) in [4.78, 5) is 16.7. The van der Waals surface area contributed by atoms with E-state index in [0.29, 0.717) is 10.8 Å². The zero-order valence-corrected chi connectivity index (χ0v) is 10.4. The number of thiazole rings is 1. The monoisotopic (exact) mass is 248 g/mol. The van der Waals surface area contributed by atoms with Gasteiger partial charge in [0.15, 0.2) is 10.8 Å². The normalized spacial score (nSPS) is 10.0. The van der Waals surface area contributed by atoms with Gasteiger partial charge in [-0.25, -0.2) is 9.78 Å². The number of methoxy groups -OCH3 is 1. The van der Waals surface area contributed by atoms with Gasteiger partial charge in [-0.15, -0.1) is 0 Å². The van der Waals surface area contributed by atoms with Gasteiger partial charge in [0.05, 0.1) is 12.0 Å². The maximum atomic E-state index is 11.6. The molecule has 0 saturated heterocycles. The van der Waals surface area contributed by atoms with E-state index >= 15 is 0 Å². The Kier molecular flexibility index (Phi) is 3.39. The Balaban J connectivity index is 2.52. The summed E-state index contributed by atoms with van der Waals surface area (Å²) >= 11 is 1.43. The van der Waals surface area contributed by atoms with Crippen LogP contribution in [0.3, 0.4) is 0 Å². The summed E-state index contributed by atoms with van der Waals surface area (Å²) in [6.45, 7) is 0. The predicted molar refractivity (Wildman–Crippen MR) is 68.4 cm³/mol. The van der Waals surface area contributed by atoms with Gasteiger partial charge in [-0.2, -0.15) is 0 Å². The summed E-state index contributed by atoms with van der Waals surface area (Å²) in [6, 6.07) is 9.67. The molecule has 0 spiro atoms. The quantitative estimate of drug-likeness (QED) is 0.848. The number of hydrogen-bond acceptors (Lipinski definition) is 5. The van der Waals surface area contributed by atoms with Crippen LogP contribution in [0.2, 0.25) is 0 Å². The molecule has 0 radical (unpaired) electrons. The van der Waals surface area contributed by atoms with Crippen molar-refractivity contribution in [2.45, 2.75) is 0 Å². The van der Waals surface area contributed by atoms with Crippen LogP contribution in [0.1, 0.15) is 10.5 Å². The van der Waals surface area contributed by atoms with E-state index in [2.05, 4.69) is 10.3 Å². The molecular weight excluding hydrogens is 236 g/mol. The van der Waals surface area contributed by atoms with Crippen molar-refractivity contribution in [1.29, 1.82) is 0 Å². The van der Waals surface area contributed by atoms with Crippen LogP contribution in [0.15, 0.2) is 30.3 Å². The smallest absolute Gasteiger partial charge is 0.358 e. The van der Waals surface area contributed by atoms with Crippen molar-refractivity contribution in [2.24, 2.45) is 0 Å². The van der Waals surface area contributed by atoms with Gasteiger partial charge in [-0.3, -0.25) is 0 Å². The molecule has 1 N–H and O–H groups in total. The largest absolute Gasteiger partial charge is 0.464 e. The third-order valence-electron chi connectivity index (χ3n) is 2.26. The molecule has 88 valence electrons. The van der Waals surface area contributed by atoms with Gasteiger partial charge in [0, 0.05) is 7.05 Å². The highest BCUT2D eigenvalue weighted by atomic mass is 32.1. The molecule has 0 unspecified atom stereocenters. The van der Waals surface area contributed by atoms with Gasteiger partial charge in [-0.05, 0) is 5.56 Å². The standard InChI is InChI=1S/C12H12N2O2S/c1-13-12-14-9(11(15)16-2)10(17-12)8-6-4-3-5-7-8/h3-7H,1-2H3,(H,13,14). The number of carbonyl (C=O) groups is 1. The maximum absolute atomic E-state index is 11.6. The second-order valence-electron chi connectivity index (χ2n) is 3.30. The predicted octanol–water partition coefficient (Wildman–Crippen LogP) is 2.64. The van der Waals surface area contributed by atoms with Gasteiger partial charge >= 0.3 is 5.97 Å². The summed E-state index contributed by atoms with van der Waals surface area (Å²) in [5.74, 6) is -0.415. The minimum absolute atomic E-state index is 0.355. The lowest BCUT2D eigenvalue weighted by Gasteiger charge is -1.99. The lowest BCUT2D eigenvalue weighted by atomic mass is 10.1. The molecule has 0 amide bonds. The van der Waals surface area contributed by atoms with Gasteiger partial charge in [0.1, 0.15) is 0 Å². The fourth-order valence-electron chi connectivity index (χ4n) is 1.45. The highest BCUT2D eigenvalue weighted by Gasteiger charge is 2.19.